The number of carbonyl (C=O) groups is 1. The predicted octanol–water partition coefficient (Wildman–Crippen LogP) is 3.03. The van der Waals surface area contributed by atoms with Crippen molar-refractivity contribution >= 4 is 17.5 Å². The third-order valence-corrected chi connectivity index (χ3v) is 5.36. The first-order valence-electron chi connectivity index (χ1n) is 9.17. The number of nitrogens with two attached hydrogens (primary N) is 1. The molecule has 6 heteroatoms. The molecule has 5 nitrogen and oxygen atoms in total. The summed E-state index contributed by atoms with van der Waals surface area (Å²) in [7, 11) is 0. The molecule has 3 rings (SSSR count). The van der Waals surface area contributed by atoms with Crippen LogP contribution in [-0.4, -0.2) is 31.3 Å². The minimum atomic E-state index is -0.185. The zero-order chi connectivity index (χ0) is 17.6. The number of amides is 1. The second-order valence-corrected chi connectivity index (χ2v) is 7.48. The average molecular weight is 367 g/mol. The van der Waals surface area contributed by atoms with E-state index >= 15 is 0 Å². The molecule has 1 aliphatic heterocycles. The fourth-order valence-corrected chi connectivity index (χ4v) is 3.87. The van der Waals surface area contributed by atoms with Crippen LogP contribution in [0.1, 0.15) is 44.1 Å². The molecule has 1 aliphatic carbocycles. The summed E-state index contributed by atoms with van der Waals surface area (Å²) in [5.41, 5.74) is 6.50. The van der Waals surface area contributed by atoms with E-state index in [1.807, 2.05) is 18.2 Å². The van der Waals surface area contributed by atoms with Gasteiger partial charge in [-0.1, -0.05) is 18.0 Å². The molecule has 0 spiro atoms. The van der Waals surface area contributed by atoms with Crippen LogP contribution in [0.15, 0.2) is 18.2 Å². The summed E-state index contributed by atoms with van der Waals surface area (Å²) < 4.78 is 11.6. The van der Waals surface area contributed by atoms with Gasteiger partial charge >= 0.3 is 0 Å². The minimum absolute atomic E-state index is 0.0131. The third-order valence-electron chi connectivity index (χ3n) is 5.13. The smallest absolute Gasteiger partial charge is 0.220 e. The summed E-state index contributed by atoms with van der Waals surface area (Å²) in [6, 6.07) is 6.01. The molecule has 1 amide bonds. The molecular weight excluding hydrogens is 340 g/mol. The first-order valence-corrected chi connectivity index (χ1v) is 9.55. The largest absolute Gasteiger partial charge is 0.491 e. The number of nitrogens with one attached hydrogen (secondary N) is 1. The van der Waals surface area contributed by atoms with Crippen LogP contribution in [0, 0.1) is 5.92 Å². The van der Waals surface area contributed by atoms with Gasteiger partial charge in [0, 0.05) is 35.7 Å². The standard InChI is InChI=1S/C19H27ClN2O3/c20-15-6-7-18(25-12-17-5-2-8-24-17)14(9-15)11-22-16-4-1-3-13(10-16)19(21)23/h6-7,9,13,16-17,22H,1-5,8,10-12H2,(H2,21,23)/t13-,16+,17-/m1/s1. The van der Waals surface area contributed by atoms with Crippen molar-refractivity contribution in [2.75, 3.05) is 13.2 Å². The van der Waals surface area contributed by atoms with E-state index in [1.54, 1.807) is 0 Å². The van der Waals surface area contributed by atoms with E-state index in [1.165, 1.54) is 0 Å². The Morgan fingerprint density at radius 3 is 2.96 bits per heavy atom. The molecule has 0 unspecified atom stereocenters. The molecule has 3 atom stereocenters. The van der Waals surface area contributed by atoms with Crippen molar-refractivity contribution < 1.29 is 14.3 Å². The minimum Gasteiger partial charge on any atom is -0.491 e. The van der Waals surface area contributed by atoms with Crippen LogP contribution in [0.2, 0.25) is 5.02 Å². The van der Waals surface area contributed by atoms with Gasteiger partial charge < -0.3 is 20.5 Å². The summed E-state index contributed by atoms with van der Waals surface area (Å²) in [5, 5.41) is 4.24. The van der Waals surface area contributed by atoms with Gasteiger partial charge in [0.2, 0.25) is 5.91 Å². The topological polar surface area (TPSA) is 73.6 Å². The Morgan fingerprint density at radius 1 is 1.32 bits per heavy atom. The van der Waals surface area contributed by atoms with Gasteiger partial charge in [-0.15, -0.1) is 0 Å². The van der Waals surface area contributed by atoms with Crippen LogP contribution in [-0.2, 0) is 16.1 Å². The van der Waals surface area contributed by atoms with E-state index in [9.17, 15) is 4.79 Å². The lowest BCUT2D eigenvalue weighted by molar-refractivity contribution is -0.122. The van der Waals surface area contributed by atoms with Gasteiger partial charge in [0.15, 0.2) is 0 Å². The number of carbonyl (C=O) groups excluding carboxylic acids is 1. The maximum atomic E-state index is 11.4. The van der Waals surface area contributed by atoms with Crippen molar-refractivity contribution in [3.63, 3.8) is 0 Å². The zero-order valence-electron chi connectivity index (χ0n) is 14.5. The van der Waals surface area contributed by atoms with Gasteiger partial charge in [0.25, 0.3) is 0 Å². The number of rotatable bonds is 7. The van der Waals surface area contributed by atoms with Gasteiger partial charge in [0.05, 0.1) is 6.10 Å². The number of halogens is 1. The highest BCUT2D eigenvalue weighted by Crippen LogP contribution is 2.27. The molecule has 1 saturated heterocycles. The first kappa shape index (κ1) is 18.5. The van der Waals surface area contributed by atoms with Crippen molar-refractivity contribution in [3.8, 4) is 5.75 Å². The second-order valence-electron chi connectivity index (χ2n) is 7.04. The number of benzene rings is 1. The second kappa shape index (κ2) is 8.88. The van der Waals surface area contributed by atoms with Crippen molar-refractivity contribution in [1.29, 1.82) is 0 Å². The predicted molar refractivity (Wildman–Crippen MR) is 97.7 cm³/mol. The molecule has 3 N–H and O–H groups in total. The number of primary amides is 1. The van der Waals surface area contributed by atoms with E-state index in [0.29, 0.717) is 24.2 Å². The Hall–Kier alpha value is -1.30. The molecule has 2 fully saturated rings. The van der Waals surface area contributed by atoms with Gasteiger partial charge in [-0.3, -0.25) is 4.79 Å². The normalized spacial score (nSPS) is 26.5. The molecule has 1 saturated carbocycles. The maximum absolute atomic E-state index is 11.4. The van der Waals surface area contributed by atoms with Crippen molar-refractivity contribution in [2.45, 2.75) is 57.2 Å². The van der Waals surface area contributed by atoms with Gasteiger partial charge in [-0.25, -0.2) is 0 Å². The molecule has 2 aliphatic rings. The summed E-state index contributed by atoms with van der Waals surface area (Å²) in [6.07, 6.45) is 6.15. The molecule has 25 heavy (non-hydrogen) atoms. The highest BCUT2D eigenvalue weighted by Gasteiger charge is 2.25. The molecule has 0 radical (unpaired) electrons. The molecule has 1 aromatic rings. The van der Waals surface area contributed by atoms with E-state index < -0.39 is 0 Å². The number of hydrogen-bond donors (Lipinski definition) is 2. The molecule has 0 aromatic heterocycles. The SMILES string of the molecule is NC(=O)[C@@H]1CCC[C@H](NCc2cc(Cl)ccc2OC[C@H]2CCCO2)C1. The third kappa shape index (κ3) is 5.33. The Kier molecular flexibility index (Phi) is 6.57. The van der Waals surface area contributed by atoms with Crippen LogP contribution >= 0.6 is 11.6 Å². The van der Waals surface area contributed by atoms with E-state index in [0.717, 1.165) is 56.4 Å². The molecular formula is C19H27ClN2O3. The Morgan fingerprint density at radius 2 is 2.20 bits per heavy atom. The van der Waals surface area contributed by atoms with Gasteiger partial charge in [-0.2, -0.15) is 0 Å². The summed E-state index contributed by atoms with van der Waals surface area (Å²) in [6.45, 7) is 2.06. The van der Waals surface area contributed by atoms with Crippen LogP contribution in [0.4, 0.5) is 0 Å². The first-order chi connectivity index (χ1) is 12.1. The van der Waals surface area contributed by atoms with Crippen LogP contribution in [0.5, 0.6) is 5.75 Å². The van der Waals surface area contributed by atoms with Crippen LogP contribution < -0.4 is 15.8 Å². The molecule has 138 valence electrons. The van der Waals surface area contributed by atoms with Gasteiger partial charge in [-0.05, 0) is 50.3 Å². The van der Waals surface area contributed by atoms with E-state index in [-0.39, 0.29) is 17.9 Å². The molecule has 1 heterocycles. The fourth-order valence-electron chi connectivity index (χ4n) is 3.67. The monoisotopic (exact) mass is 366 g/mol. The summed E-state index contributed by atoms with van der Waals surface area (Å²) >= 11 is 6.16. The fraction of sp³-hybridized carbons (Fsp3) is 0.632. The Bertz CT molecular complexity index is 590. The lowest BCUT2D eigenvalue weighted by Crippen LogP contribution is -2.38. The molecule has 1 aromatic carbocycles. The highest BCUT2D eigenvalue weighted by atomic mass is 35.5. The van der Waals surface area contributed by atoms with Crippen LogP contribution in [0.25, 0.3) is 0 Å². The number of hydrogen-bond acceptors (Lipinski definition) is 4. The summed E-state index contributed by atoms with van der Waals surface area (Å²) in [5.74, 6) is 0.644. The summed E-state index contributed by atoms with van der Waals surface area (Å²) in [4.78, 5) is 11.4. The number of ether oxygens (including phenoxy) is 2. The Balaban J connectivity index is 1.56. The van der Waals surface area contributed by atoms with Gasteiger partial charge in [0.1, 0.15) is 12.4 Å². The van der Waals surface area contributed by atoms with Crippen molar-refractivity contribution in [3.05, 3.63) is 28.8 Å². The average Bonchev–Trinajstić information content (AvgIpc) is 3.13. The molecule has 0 bridgehead atoms. The quantitative estimate of drug-likeness (QED) is 0.777. The lowest BCUT2D eigenvalue weighted by Gasteiger charge is -2.28. The van der Waals surface area contributed by atoms with Crippen molar-refractivity contribution in [2.24, 2.45) is 11.7 Å². The van der Waals surface area contributed by atoms with E-state index in [2.05, 4.69) is 5.32 Å². The van der Waals surface area contributed by atoms with Crippen molar-refractivity contribution in [1.82, 2.24) is 5.32 Å². The van der Waals surface area contributed by atoms with E-state index in [4.69, 9.17) is 26.8 Å². The highest BCUT2D eigenvalue weighted by molar-refractivity contribution is 6.30. The lowest BCUT2D eigenvalue weighted by atomic mass is 9.85. The maximum Gasteiger partial charge on any atom is 0.220 e. The Labute approximate surface area is 154 Å². The zero-order valence-corrected chi connectivity index (χ0v) is 15.3. The van der Waals surface area contributed by atoms with Crippen LogP contribution in [0.3, 0.4) is 0 Å².